The molecule has 0 unspecified atom stereocenters. The molecule has 179 valence electrons. The Morgan fingerprint density at radius 1 is 0.857 bits per heavy atom. The molecule has 0 saturated carbocycles. The summed E-state index contributed by atoms with van der Waals surface area (Å²) in [6.45, 7) is 13.4. The fourth-order valence-electron chi connectivity index (χ4n) is 4.19. The molecule has 0 fully saturated rings. The average Bonchev–Trinajstić information content (AvgIpc) is 2.85. The molecule has 0 amide bonds. The molecule has 0 aliphatic heterocycles. The zero-order valence-corrected chi connectivity index (χ0v) is 22.5. The first-order chi connectivity index (χ1) is 16.7. The second-order valence-electron chi connectivity index (χ2n) is 9.77. The van der Waals surface area contributed by atoms with E-state index in [0.717, 1.165) is 5.46 Å². The molecule has 1 radical (unpaired) electrons. The highest BCUT2D eigenvalue weighted by Gasteiger charge is 2.42. The smallest absolute Gasteiger partial charge is 0.330 e. The third-order valence-corrected chi connectivity index (χ3v) is 11.5. The Kier molecular flexibility index (Phi) is 8.55. The van der Waals surface area contributed by atoms with Gasteiger partial charge in [-0.05, 0) is 55.4 Å². The summed E-state index contributed by atoms with van der Waals surface area (Å²) in [5, 5.41) is 15.6. The molecule has 35 heavy (non-hydrogen) atoms. The summed E-state index contributed by atoms with van der Waals surface area (Å²) in [5.41, 5.74) is -0.767. The lowest BCUT2D eigenvalue weighted by atomic mass is 9.83. The van der Waals surface area contributed by atoms with E-state index in [0.29, 0.717) is 0 Å². The predicted molar refractivity (Wildman–Crippen MR) is 154 cm³/mol. The van der Waals surface area contributed by atoms with Crippen molar-refractivity contribution in [2.75, 3.05) is 0 Å². The van der Waals surface area contributed by atoms with Gasteiger partial charge in [0.15, 0.2) is 8.07 Å². The van der Waals surface area contributed by atoms with Crippen molar-refractivity contribution in [2.45, 2.75) is 45.8 Å². The summed E-state index contributed by atoms with van der Waals surface area (Å²) >= 11 is 0. The lowest BCUT2D eigenvalue weighted by Crippen LogP contribution is -2.68. The van der Waals surface area contributed by atoms with Gasteiger partial charge in [-0.15, -0.1) is 0 Å². The van der Waals surface area contributed by atoms with Gasteiger partial charge >= 0.3 is 7.48 Å². The molecule has 0 atom stereocenters. The molecular formula is C31H36BO2Si. The summed E-state index contributed by atoms with van der Waals surface area (Å²) in [6.07, 6.45) is 8.36. The lowest BCUT2D eigenvalue weighted by molar-refractivity contribution is -0.0893. The van der Waals surface area contributed by atoms with E-state index in [-0.39, 0.29) is 0 Å². The summed E-state index contributed by atoms with van der Waals surface area (Å²) in [5.74, 6) is 0. The largest absolute Gasteiger partial charge is 0.427 e. The summed E-state index contributed by atoms with van der Waals surface area (Å²) in [6, 6.07) is 30.2. The van der Waals surface area contributed by atoms with Gasteiger partial charge in [0.2, 0.25) is 0 Å². The van der Waals surface area contributed by atoms with Crippen LogP contribution in [0.4, 0.5) is 0 Å². The van der Waals surface area contributed by atoms with E-state index in [1.807, 2.05) is 26.0 Å². The molecule has 1 N–H and O–H groups in total. The first kappa shape index (κ1) is 26.7. The van der Waals surface area contributed by atoms with Crippen LogP contribution in [0.1, 0.15) is 34.6 Å². The van der Waals surface area contributed by atoms with Crippen molar-refractivity contribution >= 4 is 36.6 Å². The number of aliphatic hydroxyl groups is 1. The zero-order chi connectivity index (χ0) is 25.5. The maximum atomic E-state index is 10.5. The number of hydrogen-bond donors (Lipinski definition) is 1. The lowest BCUT2D eigenvalue weighted by Gasteiger charge is -2.38. The van der Waals surface area contributed by atoms with Gasteiger partial charge in [-0.2, -0.15) is 0 Å². The van der Waals surface area contributed by atoms with E-state index in [1.165, 1.54) is 20.8 Å². The van der Waals surface area contributed by atoms with Gasteiger partial charge in [0.25, 0.3) is 0 Å². The van der Waals surface area contributed by atoms with Crippen LogP contribution in [0.3, 0.4) is 0 Å². The van der Waals surface area contributed by atoms with Crippen molar-refractivity contribution < 1.29 is 9.76 Å². The van der Waals surface area contributed by atoms with E-state index >= 15 is 0 Å². The normalized spacial score (nSPS) is 13.1. The predicted octanol–water partition coefficient (Wildman–Crippen LogP) is 4.20. The Labute approximate surface area is 213 Å². The highest BCUT2D eigenvalue weighted by Crippen LogP contribution is 2.24. The first-order valence-electron chi connectivity index (χ1n) is 12.1. The van der Waals surface area contributed by atoms with Gasteiger partial charge in [0, 0.05) is 0 Å². The summed E-state index contributed by atoms with van der Waals surface area (Å²) < 4.78 is 6.11. The van der Waals surface area contributed by atoms with Crippen molar-refractivity contribution in [3.05, 3.63) is 121 Å². The molecule has 0 heterocycles. The van der Waals surface area contributed by atoms with Gasteiger partial charge in [-0.1, -0.05) is 121 Å². The summed E-state index contributed by atoms with van der Waals surface area (Å²) in [4.78, 5) is 0. The fourth-order valence-corrected chi connectivity index (χ4v) is 9.09. The molecule has 3 aromatic rings. The van der Waals surface area contributed by atoms with E-state index in [4.69, 9.17) is 4.65 Å². The molecule has 3 aromatic carbocycles. The zero-order valence-electron chi connectivity index (χ0n) is 21.5. The molecule has 0 aromatic heterocycles. The van der Waals surface area contributed by atoms with Crippen molar-refractivity contribution in [3.8, 4) is 0 Å². The van der Waals surface area contributed by atoms with Gasteiger partial charge in [-0.3, -0.25) is 0 Å². The Hall–Kier alpha value is -2.92. The van der Waals surface area contributed by atoms with E-state index in [9.17, 15) is 5.11 Å². The van der Waals surface area contributed by atoms with Crippen LogP contribution in [0.2, 0.25) is 0 Å². The Bertz CT molecular complexity index is 1140. The van der Waals surface area contributed by atoms with Crippen LogP contribution >= 0.6 is 0 Å². The second-order valence-corrected chi connectivity index (χ2v) is 13.6. The van der Waals surface area contributed by atoms with Gasteiger partial charge in [0.05, 0.1) is 11.2 Å². The van der Waals surface area contributed by atoms with Crippen LogP contribution in [0.15, 0.2) is 121 Å². The van der Waals surface area contributed by atoms with Gasteiger partial charge < -0.3 is 9.76 Å². The highest BCUT2D eigenvalue weighted by molar-refractivity contribution is 7.16. The minimum Gasteiger partial charge on any atom is -0.427 e. The second kappa shape index (κ2) is 11.2. The fraction of sp³-hybridized carbons (Fsp3) is 0.226. The van der Waals surface area contributed by atoms with Crippen molar-refractivity contribution in [1.82, 2.24) is 0 Å². The molecular weight excluding hydrogens is 443 g/mol. The minimum absolute atomic E-state index is 0.741. The molecule has 3 rings (SSSR count). The summed E-state index contributed by atoms with van der Waals surface area (Å²) in [7, 11) is -0.893. The molecule has 2 nitrogen and oxygen atoms in total. The molecule has 0 saturated heterocycles. The standard InChI is InChI=1S/C31H36BO2Si/c1-7-16-26(17-8-2)35(27-19-11-9-12-20-27,28-21-13-10-14-22-28)29-23-15-18-25(24-29)32-34-31(5,6)30(3,4)33/h7-24,33H,1H2,2-6H3. The third kappa shape index (κ3) is 5.67. The van der Waals surface area contributed by atoms with Crippen LogP contribution in [0.5, 0.6) is 0 Å². The molecule has 4 heteroatoms. The maximum absolute atomic E-state index is 10.5. The van der Waals surface area contributed by atoms with Gasteiger partial charge in [-0.25, -0.2) is 0 Å². The monoisotopic (exact) mass is 479 g/mol. The van der Waals surface area contributed by atoms with E-state index in [1.54, 1.807) is 21.3 Å². The topological polar surface area (TPSA) is 29.5 Å². The Morgan fingerprint density at radius 2 is 1.40 bits per heavy atom. The Balaban J connectivity index is 2.27. The van der Waals surface area contributed by atoms with Gasteiger partial charge in [0.1, 0.15) is 0 Å². The highest BCUT2D eigenvalue weighted by atomic mass is 28.3. The maximum Gasteiger partial charge on any atom is 0.330 e. The number of rotatable bonds is 10. The first-order valence-corrected chi connectivity index (χ1v) is 14.1. The molecule has 0 spiro atoms. The van der Waals surface area contributed by atoms with Crippen molar-refractivity contribution in [3.63, 3.8) is 0 Å². The third-order valence-electron chi connectivity index (χ3n) is 6.77. The quantitative estimate of drug-likeness (QED) is 0.268. The number of allylic oxidation sites excluding steroid dienone is 5. The molecule has 0 aliphatic rings. The van der Waals surface area contributed by atoms with Crippen LogP contribution in [-0.4, -0.2) is 31.9 Å². The van der Waals surface area contributed by atoms with Crippen molar-refractivity contribution in [2.24, 2.45) is 0 Å². The molecule has 0 bridgehead atoms. The van der Waals surface area contributed by atoms with Crippen LogP contribution < -0.4 is 21.0 Å². The average molecular weight is 480 g/mol. The SMILES string of the molecule is C=CC=C(C=CC)[Si](c1ccccc1)(c1ccccc1)c1cccc([B]OC(C)(C)C(C)(C)O)c1. The van der Waals surface area contributed by atoms with E-state index in [2.05, 4.69) is 111 Å². The Morgan fingerprint density at radius 3 is 1.89 bits per heavy atom. The van der Waals surface area contributed by atoms with E-state index < -0.39 is 19.3 Å². The van der Waals surface area contributed by atoms with Crippen molar-refractivity contribution in [1.29, 1.82) is 0 Å². The number of benzene rings is 3. The van der Waals surface area contributed by atoms with Crippen LogP contribution in [-0.2, 0) is 4.65 Å². The van der Waals surface area contributed by atoms with Crippen LogP contribution in [0, 0.1) is 0 Å². The number of hydrogen-bond acceptors (Lipinski definition) is 2. The van der Waals surface area contributed by atoms with Crippen LogP contribution in [0.25, 0.3) is 0 Å². The minimum atomic E-state index is -2.66. The molecule has 0 aliphatic carbocycles.